The van der Waals surface area contributed by atoms with Crippen molar-refractivity contribution in [2.24, 2.45) is 0 Å². The van der Waals surface area contributed by atoms with Crippen LogP contribution in [-0.4, -0.2) is 37.0 Å². The van der Waals surface area contributed by atoms with E-state index in [1.807, 2.05) is 0 Å². The molecule has 2 radical (unpaired) electrons. The van der Waals surface area contributed by atoms with Gasteiger partial charge in [0, 0.05) is 9.52 Å². The number of carbonyl (C=O) groups excluding carboxylic acids is 1. The highest BCUT2D eigenvalue weighted by molar-refractivity contribution is 6.91. The second-order valence-electron chi connectivity index (χ2n) is 5.36. The summed E-state index contributed by atoms with van der Waals surface area (Å²) in [6.07, 6.45) is 0.350. The monoisotopic (exact) mass is 286 g/mol. The van der Waals surface area contributed by atoms with E-state index in [4.69, 9.17) is 9.47 Å². The smallest absolute Gasteiger partial charge is 0.435 e. The van der Waals surface area contributed by atoms with E-state index in [-0.39, 0.29) is 0 Å². The lowest BCUT2D eigenvalue weighted by Gasteiger charge is -2.37. The Morgan fingerprint density at radius 1 is 1.39 bits per heavy atom. The summed E-state index contributed by atoms with van der Waals surface area (Å²) in [5, 5.41) is 0. The third-order valence-corrected chi connectivity index (χ3v) is 11.7. The number of hydrogen-bond acceptors (Lipinski definition) is 3. The van der Waals surface area contributed by atoms with Gasteiger partial charge in [-0.05, 0) is 18.0 Å². The zero-order valence-electron chi connectivity index (χ0n) is 12.3. The average Bonchev–Trinajstić information content (AvgIpc) is 2.28. The van der Waals surface area contributed by atoms with Crippen LogP contribution in [0.15, 0.2) is 12.3 Å². The van der Waals surface area contributed by atoms with Crippen molar-refractivity contribution in [3.63, 3.8) is 0 Å². The molecule has 5 heteroatoms. The Kier molecular flexibility index (Phi) is 7.55. The van der Waals surface area contributed by atoms with Crippen molar-refractivity contribution >= 4 is 23.7 Å². The van der Waals surface area contributed by atoms with Crippen LogP contribution in [0.3, 0.4) is 0 Å². The predicted molar refractivity (Wildman–Crippen MR) is 79.9 cm³/mol. The van der Waals surface area contributed by atoms with Crippen molar-refractivity contribution in [3.05, 3.63) is 12.3 Å². The van der Waals surface area contributed by atoms with Gasteiger partial charge in [-0.25, -0.2) is 4.79 Å². The number of hydrogen-bond donors (Lipinski definition) is 0. The van der Waals surface area contributed by atoms with Crippen molar-refractivity contribution in [2.45, 2.75) is 51.0 Å². The van der Waals surface area contributed by atoms with Crippen LogP contribution >= 0.6 is 0 Å². The molecule has 0 aliphatic rings. The zero-order valence-corrected chi connectivity index (χ0v) is 14.3. The van der Waals surface area contributed by atoms with Crippen molar-refractivity contribution in [3.8, 4) is 0 Å². The molecule has 0 aromatic heterocycles. The Hall–Kier alpha value is -0.556. The summed E-state index contributed by atoms with van der Waals surface area (Å²) >= 11 is 0. The summed E-state index contributed by atoms with van der Waals surface area (Å²) in [5.74, 6) is 0. The summed E-state index contributed by atoms with van der Waals surface area (Å²) in [5.41, 5.74) is 2.16. The third-order valence-electron chi connectivity index (χ3n) is 3.49. The maximum Gasteiger partial charge on any atom is 0.508 e. The minimum absolute atomic E-state index is 0.360. The van der Waals surface area contributed by atoms with Gasteiger partial charge in [-0.1, -0.05) is 33.0 Å². The van der Waals surface area contributed by atoms with Crippen molar-refractivity contribution in [1.82, 2.24) is 0 Å². The molecule has 0 rings (SSSR count). The van der Waals surface area contributed by atoms with Gasteiger partial charge in [0.05, 0.1) is 21.3 Å². The molecule has 18 heavy (non-hydrogen) atoms. The molecular weight excluding hydrogens is 260 g/mol. The van der Waals surface area contributed by atoms with E-state index in [9.17, 15) is 4.79 Å². The molecule has 104 valence electrons. The number of ether oxygens (including phenoxy) is 2. The maximum atomic E-state index is 11.0. The van der Waals surface area contributed by atoms with Crippen LogP contribution < -0.4 is 0 Å². The molecule has 0 bridgehead atoms. The molecule has 0 aliphatic heterocycles. The first-order valence-corrected chi connectivity index (χ1v) is 10.7. The quantitative estimate of drug-likeness (QED) is 0.386. The first-order chi connectivity index (χ1) is 8.27. The molecule has 0 saturated carbocycles. The molecule has 0 amide bonds. The minimum atomic E-state index is -1.36. The molecule has 0 spiro atoms. The van der Waals surface area contributed by atoms with Crippen molar-refractivity contribution in [2.75, 3.05) is 13.2 Å². The van der Waals surface area contributed by atoms with Crippen LogP contribution in [0.25, 0.3) is 0 Å². The molecule has 0 fully saturated rings. The molecule has 0 aromatic rings. The Balaban J connectivity index is 3.85. The lowest BCUT2D eigenvalue weighted by Crippen LogP contribution is -2.40. The molecule has 0 N–H and O–H groups in total. The van der Waals surface area contributed by atoms with E-state index >= 15 is 0 Å². The summed E-state index contributed by atoms with van der Waals surface area (Å²) in [7, 11) is -0.476. The van der Waals surface area contributed by atoms with E-state index in [1.54, 1.807) is 6.92 Å². The van der Waals surface area contributed by atoms with Crippen LogP contribution in [0.5, 0.6) is 0 Å². The molecule has 0 aliphatic carbocycles. The molecule has 0 atom stereocenters. The van der Waals surface area contributed by atoms with Gasteiger partial charge in [0.1, 0.15) is 0 Å². The van der Waals surface area contributed by atoms with Crippen LogP contribution in [-0.2, 0) is 9.47 Å². The summed E-state index contributed by atoms with van der Waals surface area (Å²) in [4.78, 5) is 11.0. The molecular formula is C13H26O3Si2. The number of carbonyl (C=O) groups is 1. The Bertz CT molecular complexity index is 275. The highest BCUT2D eigenvalue weighted by atomic mass is 28.4. The van der Waals surface area contributed by atoms with Crippen LogP contribution in [0, 0.1) is 0 Å². The van der Waals surface area contributed by atoms with E-state index in [2.05, 4.69) is 39.2 Å². The highest BCUT2D eigenvalue weighted by Crippen LogP contribution is 2.37. The fourth-order valence-corrected chi connectivity index (χ4v) is 5.23. The van der Waals surface area contributed by atoms with Gasteiger partial charge in [0.15, 0.2) is 0 Å². The molecule has 0 saturated heterocycles. The normalized spacial score (nSPS) is 12.1. The van der Waals surface area contributed by atoms with Crippen LogP contribution in [0.1, 0.15) is 27.2 Å². The lowest BCUT2D eigenvalue weighted by molar-refractivity contribution is 0.0592. The highest BCUT2D eigenvalue weighted by Gasteiger charge is 2.35. The van der Waals surface area contributed by atoms with Gasteiger partial charge in [-0.2, -0.15) is 0 Å². The van der Waals surface area contributed by atoms with Crippen molar-refractivity contribution in [1.29, 1.82) is 0 Å². The standard InChI is InChI=1S/C13H26O3Si2/c1-7-15-12(14)16-10-9-11-17-13(3,4)18(5,6)8-2/h8H,2,7,9-11H2,1,3-6H3. The Morgan fingerprint density at radius 2 is 2.00 bits per heavy atom. The fraction of sp³-hybridized carbons (Fsp3) is 0.769. The fourth-order valence-electron chi connectivity index (χ4n) is 1.27. The third kappa shape index (κ3) is 5.86. The van der Waals surface area contributed by atoms with Crippen LogP contribution in [0.4, 0.5) is 4.79 Å². The molecule has 0 heterocycles. The molecule has 0 aromatic carbocycles. The topological polar surface area (TPSA) is 35.5 Å². The minimum Gasteiger partial charge on any atom is -0.435 e. The second kappa shape index (κ2) is 7.79. The zero-order chi connectivity index (χ0) is 14.2. The first-order valence-electron chi connectivity index (χ1n) is 6.45. The second-order valence-corrected chi connectivity index (χ2v) is 13.1. The summed E-state index contributed by atoms with van der Waals surface area (Å²) in [6, 6.07) is 1.09. The lowest BCUT2D eigenvalue weighted by atomic mass is 10.5. The first kappa shape index (κ1) is 17.4. The van der Waals surface area contributed by atoms with Gasteiger partial charge >= 0.3 is 6.16 Å². The van der Waals surface area contributed by atoms with Gasteiger partial charge in [0.25, 0.3) is 0 Å². The average molecular weight is 287 g/mol. The predicted octanol–water partition coefficient (Wildman–Crippen LogP) is 3.84. The Morgan fingerprint density at radius 3 is 2.50 bits per heavy atom. The largest absolute Gasteiger partial charge is 0.508 e. The van der Waals surface area contributed by atoms with E-state index in [0.29, 0.717) is 17.9 Å². The van der Waals surface area contributed by atoms with Gasteiger partial charge in [-0.3, -0.25) is 0 Å². The van der Waals surface area contributed by atoms with Crippen molar-refractivity contribution < 1.29 is 14.3 Å². The summed E-state index contributed by atoms with van der Waals surface area (Å²) < 4.78 is 10.00. The van der Waals surface area contributed by atoms with E-state index in [0.717, 1.165) is 22.0 Å². The summed E-state index contributed by atoms with van der Waals surface area (Å²) in [6.45, 7) is 15.9. The number of rotatable bonds is 8. The Labute approximate surface area is 115 Å². The molecule has 3 nitrogen and oxygen atoms in total. The van der Waals surface area contributed by atoms with Gasteiger partial charge in [0.2, 0.25) is 0 Å². The van der Waals surface area contributed by atoms with E-state index < -0.39 is 14.2 Å². The SMILES string of the molecule is C=C[Si](C)(C)C(C)(C)[Si]CCCOC(=O)OCC. The van der Waals surface area contributed by atoms with E-state index in [1.165, 1.54) is 0 Å². The van der Waals surface area contributed by atoms with Crippen LogP contribution in [0.2, 0.25) is 23.8 Å². The van der Waals surface area contributed by atoms with Gasteiger partial charge in [-0.15, -0.1) is 12.3 Å². The maximum absolute atomic E-state index is 11.0. The van der Waals surface area contributed by atoms with Gasteiger partial charge < -0.3 is 9.47 Å². The molecule has 0 unspecified atom stereocenters.